The molecule has 2 rings (SSSR count). The number of esters is 5. The first-order valence-electron chi connectivity index (χ1n) is 14.5. The first-order valence-corrected chi connectivity index (χ1v) is 14.5. The van der Waals surface area contributed by atoms with E-state index in [9.17, 15) is 28.8 Å². The third kappa shape index (κ3) is 13.0. The first kappa shape index (κ1) is 34.1. The fraction of sp³-hybridized carbons (Fsp3) is 0.786. The third-order valence-electron chi connectivity index (χ3n) is 6.65. The number of hydrogen-bond acceptors (Lipinski definition) is 13. The monoisotopic (exact) mass is 586 g/mol. The fourth-order valence-electron chi connectivity index (χ4n) is 4.46. The molecule has 4 atom stereocenters. The number of unbranched alkanes of at least 4 members (excludes halogenated alkanes) is 10. The number of carbonyl (C=O) groups is 6. The van der Waals surface area contributed by atoms with Crippen molar-refractivity contribution in [2.75, 3.05) is 33.0 Å². The topological polar surface area (TPSA) is 167 Å². The molecule has 0 aliphatic carbocycles. The summed E-state index contributed by atoms with van der Waals surface area (Å²) in [4.78, 5) is 68.9. The van der Waals surface area contributed by atoms with Crippen molar-refractivity contribution in [1.82, 2.24) is 0 Å². The highest BCUT2D eigenvalue weighted by Crippen LogP contribution is 2.30. The van der Waals surface area contributed by atoms with E-state index in [2.05, 4.69) is 6.92 Å². The molecule has 0 aromatic carbocycles. The van der Waals surface area contributed by atoms with Crippen LogP contribution in [0.3, 0.4) is 0 Å². The van der Waals surface area contributed by atoms with Crippen molar-refractivity contribution >= 4 is 36.1 Å². The smallest absolute Gasteiger partial charge is 0.417 e. The number of aldehydes is 1. The minimum Gasteiger partial charge on any atom is -0.457 e. The number of carbonyl (C=O) groups excluding carboxylic acids is 6. The molecule has 2 heterocycles. The Morgan fingerprint density at radius 2 is 0.976 bits per heavy atom. The predicted octanol–water partition coefficient (Wildman–Crippen LogP) is 2.14. The lowest BCUT2D eigenvalue weighted by atomic mass is 10.1. The van der Waals surface area contributed by atoms with Gasteiger partial charge < -0.3 is 33.2 Å². The van der Waals surface area contributed by atoms with Crippen LogP contribution < -0.4 is 0 Å². The second-order valence-electron chi connectivity index (χ2n) is 9.93. The lowest BCUT2D eigenvalue weighted by molar-refractivity contribution is -0.173. The molecular formula is C28H42O13. The maximum absolute atomic E-state index is 12.1. The lowest BCUT2D eigenvalue weighted by Crippen LogP contribution is -2.37. The lowest BCUT2D eigenvalue weighted by Gasteiger charge is -2.16. The van der Waals surface area contributed by atoms with Crippen LogP contribution >= 0.6 is 0 Å². The van der Waals surface area contributed by atoms with Gasteiger partial charge in [0, 0.05) is 0 Å². The zero-order valence-electron chi connectivity index (χ0n) is 23.7. The normalized spacial score (nSPS) is 21.0. The predicted molar refractivity (Wildman–Crippen MR) is 139 cm³/mol. The summed E-state index contributed by atoms with van der Waals surface area (Å²) in [6, 6.07) is 0. The van der Waals surface area contributed by atoms with Gasteiger partial charge in [-0.15, -0.1) is 0 Å². The Kier molecular flexibility index (Phi) is 16.6. The Morgan fingerprint density at radius 1 is 0.585 bits per heavy atom. The van der Waals surface area contributed by atoms with Gasteiger partial charge in [0.05, 0.1) is 33.0 Å². The molecule has 2 unspecified atom stereocenters. The summed E-state index contributed by atoms with van der Waals surface area (Å²) in [5.41, 5.74) is 0. The Bertz CT molecular complexity index is 858. The van der Waals surface area contributed by atoms with Crippen LogP contribution in [0.5, 0.6) is 0 Å². The second kappa shape index (κ2) is 19.9. The van der Waals surface area contributed by atoms with Gasteiger partial charge in [-0.2, -0.15) is 0 Å². The van der Waals surface area contributed by atoms with Crippen molar-refractivity contribution in [2.45, 2.75) is 108 Å². The molecule has 13 nitrogen and oxygen atoms in total. The first-order chi connectivity index (χ1) is 19.9. The second-order valence-corrected chi connectivity index (χ2v) is 9.93. The maximum atomic E-state index is 12.1. The van der Waals surface area contributed by atoms with E-state index in [-0.39, 0.29) is 39.3 Å². The molecule has 2 saturated heterocycles. The van der Waals surface area contributed by atoms with Gasteiger partial charge in [-0.1, -0.05) is 64.7 Å². The molecule has 2 fully saturated rings. The summed E-state index contributed by atoms with van der Waals surface area (Å²) in [6.07, 6.45) is 7.76. The molecule has 0 amide bonds. The number of rotatable bonds is 19. The molecule has 2 aliphatic rings. The summed E-state index contributed by atoms with van der Waals surface area (Å²) in [7, 11) is 0. The summed E-state index contributed by atoms with van der Waals surface area (Å²) in [6.45, 7) is 2.51. The van der Waals surface area contributed by atoms with E-state index < -0.39 is 54.3 Å². The van der Waals surface area contributed by atoms with Gasteiger partial charge in [0.25, 0.3) is 0 Å². The molecule has 0 radical (unpaired) electrons. The Morgan fingerprint density at radius 3 is 1.41 bits per heavy atom. The van der Waals surface area contributed by atoms with E-state index in [1.165, 1.54) is 19.3 Å². The zero-order chi connectivity index (χ0) is 29.9. The molecule has 41 heavy (non-hydrogen) atoms. The van der Waals surface area contributed by atoms with E-state index >= 15 is 0 Å². The van der Waals surface area contributed by atoms with E-state index in [0.717, 1.165) is 44.9 Å². The van der Waals surface area contributed by atoms with Crippen LogP contribution in [-0.2, 0) is 61.9 Å². The van der Waals surface area contributed by atoms with Crippen molar-refractivity contribution in [3.8, 4) is 0 Å². The van der Waals surface area contributed by atoms with Gasteiger partial charge in [0.15, 0.2) is 12.2 Å². The highest BCUT2D eigenvalue weighted by atomic mass is 16.7. The average molecular weight is 587 g/mol. The zero-order valence-corrected chi connectivity index (χ0v) is 23.7. The van der Waals surface area contributed by atoms with Crippen molar-refractivity contribution in [2.24, 2.45) is 0 Å². The summed E-state index contributed by atoms with van der Waals surface area (Å²) in [5, 5.41) is 0. The third-order valence-corrected chi connectivity index (χ3v) is 6.65. The van der Waals surface area contributed by atoms with Crippen LogP contribution in [0.1, 0.15) is 84.0 Å². The summed E-state index contributed by atoms with van der Waals surface area (Å²) in [5.74, 6) is -5.25. The molecule has 0 aromatic heterocycles. The van der Waals surface area contributed by atoms with Crippen molar-refractivity contribution in [3.63, 3.8) is 0 Å². The molecule has 13 heteroatoms. The van der Waals surface area contributed by atoms with E-state index in [0.29, 0.717) is 12.8 Å². The van der Waals surface area contributed by atoms with E-state index in [4.69, 9.17) is 33.2 Å². The highest BCUT2D eigenvalue weighted by Gasteiger charge is 2.51. The number of ether oxygens (including phenoxy) is 7. The molecule has 0 saturated carbocycles. The fourth-order valence-corrected chi connectivity index (χ4v) is 4.46. The summed E-state index contributed by atoms with van der Waals surface area (Å²) < 4.78 is 35.8. The van der Waals surface area contributed by atoms with Gasteiger partial charge in [0.1, 0.15) is 12.2 Å². The number of fused-ring (bicyclic) bond motifs is 1. The Hall–Kier alpha value is -3.06. The van der Waals surface area contributed by atoms with E-state index in [1.54, 1.807) is 0 Å². The van der Waals surface area contributed by atoms with E-state index in [1.807, 2.05) is 0 Å². The molecule has 0 bridgehead atoms. The van der Waals surface area contributed by atoms with Gasteiger partial charge in [-0.05, 0) is 19.3 Å². The van der Waals surface area contributed by atoms with Gasteiger partial charge in [-0.25, -0.2) is 24.0 Å². The molecule has 0 aromatic rings. The van der Waals surface area contributed by atoms with Crippen LogP contribution in [0.25, 0.3) is 0 Å². The van der Waals surface area contributed by atoms with Crippen LogP contribution in [-0.4, -0.2) is 93.6 Å². The van der Waals surface area contributed by atoms with Crippen LogP contribution in [0.2, 0.25) is 0 Å². The average Bonchev–Trinajstić information content (AvgIpc) is 3.55. The minimum absolute atomic E-state index is 0.0213. The summed E-state index contributed by atoms with van der Waals surface area (Å²) >= 11 is 0. The highest BCUT2D eigenvalue weighted by molar-refractivity contribution is 6.30. The van der Waals surface area contributed by atoms with Gasteiger partial charge >= 0.3 is 29.8 Å². The Balaban J connectivity index is 1.42. The van der Waals surface area contributed by atoms with Crippen LogP contribution in [0, 0.1) is 0 Å². The number of hydrogen-bond donors (Lipinski definition) is 0. The minimum atomic E-state index is -1.17. The quantitative estimate of drug-likeness (QED) is 0.0710. The Labute approximate surface area is 239 Å². The molecule has 0 N–H and O–H groups in total. The van der Waals surface area contributed by atoms with Crippen molar-refractivity contribution < 1.29 is 61.9 Å². The van der Waals surface area contributed by atoms with Crippen molar-refractivity contribution in [1.29, 1.82) is 0 Å². The standard InChI is InChI=1S/C28H42O13/c1-2-3-4-5-8-11-14-35-25(31)26(32)36-15-12-9-6-7-10-13-16-37-27(33)28(34)41-21-19-39-23-20(18-38-24(21)23)40-22(30)17-29/h17,20-21,23-24H,2-16,18-19H2,1H3/t20-,21-,23?,24?/m1/s1. The SMILES string of the molecule is CCCCCCCCOC(=O)C(=O)OCCCCCCCCOC(=O)C(=O)O[C@@H]1COC2C1OC[C@H]2OC(=O)C=O. The largest absolute Gasteiger partial charge is 0.457 e. The maximum Gasteiger partial charge on any atom is 0.417 e. The van der Waals surface area contributed by atoms with Crippen LogP contribution in [0.4, 0.5) is 0 Å². The van der Waals surface area contributed by atoms with Crippen molar-refractivity contribution in [3.05, 3.63) is 0 Å². The molecular weight excluding hydrogens is 544 g/mol. The molecule has 232 valence electrons. The van der Waals surface area contributed by atoms with Gasteiger partial charge in [-0.3, -0.25) is 4.79 Å². The van der Waals surface area contributed by atoms with Crippen LogP contribution in [0.15, 0.2) is 0 Å². The van der Waals surface area contributed by atoms with Gasteiger partial charge in [0.2, 0.25) is 6.29 Å². The molecule has 2 aliphatic heterocycles. The molecule has 0 spiro atoms.